The summed E-state index contributed by atoms with van der Waals surface area (Å²) >= 11 is 50.5. The number of aliphatic hydroxyl groups is 1. The average molecular weight is 1190 g/mol. The number of carbonyl (C=O) groups excluding carboxylic acids is 1. The van der Waals surface area contributed by atoms with Gasteiger partial charge in [-0.3, -0.25) is 0 Å². The summed E-state index contributed by atoms with van der Waals surface area (Å²) < 4.78 is 29.0. The van der Waals surface area contributed by atoms with Gasteiger partial charge in [0.2, 0.25) is 0 Å². The summed E-state index contributed by atoms with van der Waals surface area (Å²) in [4.78, 5) is 12.2. The lowest BCUT2D eigenvalue weighted by Gasteiger charge is -2.46. The molecule has 0 aliphatic carbocycles. The Hall–Kier alpha value is -1.79. The van der Waals surface area contributed by atoms with Gasteiger partial charge in [0, 0.05) is 57.1 Å². The van der Waals surface area contributed by atoms with Crippen LogP contribution < -0.4 is 0 Å². The third-order valence-electron chi connectivity index (χ3n) is 11.2. The van der Waals surface area contributed by atoms with Crippen LogP contribution in [0.2, 0.25) is 40.2 Å². The van der Waals surface area contributed by atoms with Crippen molar-refractivity contribution in [2.45, 2.75) is 187 Å². The van der Waals surface area contributed by atoms with Crippen LogP contribution in [-0.2, 0) is 54.2 Å². The lowest BCUT2D eigenvalue weighted by atomic mass is 9.67. The minimum absolute atomic E-state index is 0. The normalized spacial score (nSPS) is 22.6. The van der Waals surface area contributed by atoms with E-state index in [4.69, 9.17) is 116 Å². The highest BCUT2D eigenvalue weighted by molar-refractivity contribution is 6.36. The molecule has 73 heavy (non-hydrogen) atoms. The van der Waals surface area contributed by atoms with E-state index in [0.29, 0.717) is 91.9 Å². The van der Waals surface area contributed by atoms with Gasteiger partial charge < -0.3 is 28.8 Å². The molecule has 0 amide bonds. The Morgan fingerprint density at radius 2 is 0.849 bits per heavy atom. The molecule has 4 heterocycles. The van der Waals surface area contributed by atoms with Crippen molar-refractivity contribution in [1.29, 1.82) is 0 Å². The molecular formula is C58H98Cl8O7. The summed E-state index contributed by atoms with van der Waals surface area (Å²) in [7, 11) is 0. The van der Waals surface area contributed by atoms with Crippen LogP contribution in [0.4, 0.5) is 0 Å². The van der Waals surface area contributed by atoms with Crippen LogP contribution in [0.1, 0.15) is 146 Å². The molecule has 0 unspecified atom stereocenters. The van der Waals surface area contributed by atoms with Crippen LogP contribution in [0.15, 0.2) is 85.5 Å². The van der Waals surface area contributed by atoms with Crippen molar-refractivity contribution < 1.29 is 33.6 Å². The Kier molecular flexibility index (Phi) is 48.1. The summed E-state index contributed by atoms with van der Waals surface area (Å²) in [6.45, 7) is 4.42. The van der Waals surface area contributed by atoms with E-state index in [1.807, 2.05) is 24.3 Å². The Morgan fingerprint density at radius 1 is 0.507 bits per heavy atom. The van der Waals surface area contributed by atoms with Crippen molar-refractivity contribution in [1.82, 2.24) is 0 Å². The number of rotatable bonds is 10. The number of esters is 1. The predicted octanol–water partition coefficient (Wildman–Crippen LogP) is 21.4. The van der Waals surface area contributed by atoms with Gasteiger partial charge in [0.15, 0.2) is 18.7 Å². The fourth-order valence-corrected chi connectivity index (χ4v) is 10.3. The van der Waals surface area contributed by atoms with Gasteiger partial charge >= 0.3 is 5.97 Å². The van der Waals surface area contributed by atoms with Crippen molar-refractivity contribution in [2.75, 3.05) is 13.2 Å². The number of hydrogen-bond donors (Lipinski definition) is 1. The van der Waals surface area contributed by atoms with Gasteiger partial charge in [-0.1, -0.05) is 223 Å². The molecule has 428 valence electrons. The lowest BCUT2D eigenvalue weighted by Crippen LogP contribution is -2.53. The molecule has 7 nitrogen and oxygen atoms in total. The van der Waals surface area contributed by atoms with E-state index < -0.39 is 41.6 Å². The molecule has 0 aromatic heterocycles. The molecule has 0 saturated carbocycles. The van der Waals surface area contributed by atoms with E-state index in [0.717, 1.165) is 28.3 Å². The topological polar surface area (TPSA) is 83.5 Å². The Balaban J connectivity index is -0.000000134. The molecule has 0 radical (unpaired) electrons. The summed E-state index contributed by atoms with van der Waals surface area (Å²) in [5.74, 6) is -0.550. The summed E-state index contributed by atoms with van der Waals surface area (Å²) in [5.41, 5.74) is 2.38. The fourth-order valence-electron chi connectivity index (χ4n) is 8.58. The highest BCUT2D eigenvalue weighted by Gasteiger charge is 2.56. The quantitative estimate of drug-likeness (QED) is 0.125. The van der Waals surface area contributed by atoms with Gasteiger partial charge in [-0.25, -0.2) is 4.79 Å². The second-order valence-electron chi connectivity index (χ2n) is 15.2. The zero-order valence-corrected chi connectivity index (χ0v) is 36.8. The van der Waals surface area contributed by atoms with Crippen molar-refractivity contribution >= 4 is 98.8 Å². The number of benzene rings is 4. The molecule has 8 rings (SSSR count). The van der Waals surface area contributed by atoms with Crippen LogP contribution >= 0.6 is 92.8 Å². The lowest BCUT2D eigenvalue weighted by molar-refractivity contribution is -0.221. The van der Waals surface area contributed by atoms with Gasteiger partial charge in [0.1, 0.15) is 6.10 Å². The largest absolute Gasteiger partial charge is 0.453 e. The third kappa shape index (κ3) is 21.2. The van der Waals surface area contributed by atoms with Crippen LogP contribution in [0.25, 0.3) is 0 Å². The summed E-state index contributed by atoms with van der Waals surface area (Å²) in [6.07, 6.45) is 1.37. The molecule has 4 aromatic rings. The highest BCUT2D eigenvalue weighted by Crippen LogP contribution is 2.50. The Morgan fingerprint density at radius 3 is 1.27 bits per heavy atom. The molecule has 0 spiro atoms. The fraction of sp³-hybridized carbons (Fsp3) is 0.534. The zero-order chi connectivity index (χ0) is 41.4. The van der Waals surface area contributed by atoms with Crippen molar-refractivity contribution in [3.05, 3.63) is 148 Å². The van der Waals surface area contributed by atoms with E-state index in [-0.39, 0.29) is 124 Å². The maximum atomic E-state index is 12.2. The van der Waals surface area contributed by atoms with Crippen LogP contribution in [0, 0.1) is 10.8 Å². The van der Waals surface area contributed by atoms with Gasteiger partial charge in [-0.15, -0.1) is 0 Å². The van der Waals surface area contributed by atoms with E-state index in [9.17, 15) is 9.90 Å². The van der Waals surface area contributed by atoms with Crippen molar-refractivity contribution in [3.8, 4) is 0 Å². The molecule has 4 aliphatic rings. The van der Waals surface area contributed by atoms with Gasteiger partial charge in [0.25, 0.3) is 0 Å². The van der Waals surface area contributed by atoms with Crippen LogP contribution in [0.3, 0.4) is 0 Å². The SMILES string of the molecule is C.C.C.C.C.C.C.C.C.C.C.C.C.C.C.C=CC(=O)O[C@@H]1[C@@H]2OC[C@H](C[C@@]1(Cc1ccc(Cl)cc1Cl)Cc1cc(Cl)ccc1Cl)O2.O[C@@H]1[C@@H]2OC[C@H](C[C@@]1(Cc1ccc(Cl)cc1Cl)Cc1cc(Cl)ccc1Cl)O2. The minimum Gasteiger partial charge on any atom is -0.453 e. The van der Waals surface area contributed by atoms with Gasteiger partial charge in [-0.05, 0) is 121 Å². The molecule has 15 heteroatoms. The molecule has 4 bridgehead atoms. The molecular weight excluding hydrogens is 1090 g/mol. The first-order chi connectivity index (χ1) is 27.7. The van der Waals surface area contributed by atoms with Gasteiger partial charge in [0.05, 0.1) is 25.4 Å². The Labute approximate surface area is 487 Å². The van der Waals surface area contributed by atoms with Crippen LogP contribution in [-0.4, -0.2) is 61.3 Å². The van der Waals surface area contributed by atoms with E-state index in [1.54, 1.807) is 48.5 Å². The molecule has 8 atom stereocenters. The molecule has 4 saturated heterocycles. The van der Waals surface area contributed by atoms with Crippen LogP contribution in [0.5, 0.6) is 0 Å². The summed E-state index contributed by atoms with van der Waals surface area (Å²) in [5, 5.41) is 15.8. The predicted molar refractivity (Wildman–Crippen MR) is 331 cm³/mol. The first kappa shape index (κ1) is 90.7. The monoisotopic (exact) mass is 1190 g/mol. The number of hydrogen-bond acceptors (Lipinski definition) is 7. The average Bonchev–Trinajstić information content (AvgIpc) is 3.79. The van der Waals surface area contributed by atoms with E-state index in [1.165, 1.54) is 0 Å². The first-order valence-electron chi connectivity index (χ1n) is 18.5. The Bertz CT molecular complexity index is 2180. The number of ether oxygens (including phenoxy) is 5. The number of carbonyl (C=O) groups is 1. The van der Waals surface area contributed by atoms with Crippen molar-refractivity contribution in [2.24, 2.45) is 10.8 Å². The van der Waals surface area contributed by atoms with Crippen molar-refractivity contribution in [3.63, 3.8) is 0 Å². The number of halogens is 8. The van der Waals surface area contributed by atoms with E-state index in [2.05, 4.69) is 6.58 Å². The third-order valence-corrected chi connectivity index (χ3v) is 13.6. The second kappa shape index (κ2) is 38.7. The smallest absolute Gasteiger partial charge is 0.330 e. The first-order valence-corrected chi connectivity index (χ1v) is 21.5. The van der Waals surface area contributed by atoms with Gasteiger partial charge in [-0.2, -0.15) is 0 Å². The highest BCUT2D eigenvalue weighted by atomic mass is 35.5. The number of fused-ring (bicyclic) bond motifs is 4. The molecule has 4 fully saturated rings. The molecule has 4 aromatic carbocycles. The second-order valence-corrected chi connectivity index (χ2v) is 18.6. The minimum atomic E-state index is -0.821. The number of aliphatic hydroxyl groups excluding tert-OH is 1. The zero-order valence-electron chi connectivity index (χ0n) is 30.8. The van der Waals surface area contributed by atoms with E-state index >= 15 is 0 Å². The summed E-state index contributed by atoms with van der Waals surface area (Å²) in [6, 6.07) is 21.5. The molecule has 1 N–H and O–H groups in total. The molecule has 4 aliphatic heterocycles. The maximum absolute atomic E-state index is 12.2. The maximum Gasteiger partial charge on any atom is 0.330 e. The standard InChI is InChI=1S/C23H20Cl4O4.C20H18Cl4O3.15CH4/c1-2-20(28)31-21-22-29-12-17(30-22)11-23(21,9-13-3-4-16(25)8-19(13)27)10-14-7-15(24)5-6-18(14)26;21-13-3-4-16(23)12(5-13)8-20(7-11-1-2-14(22)6-17(11)24)9-15-10-26-19(27-15)18(20)25;;;;;;;;;;;;;;;/h2-8,17,21-22H,1,9-12H2;1-6,15,18-19,25H,7-10H2;15*1H4/t17-,21+,22+,23+;15-,18+,19+,20+;;;;;;;;;;;;;;;/m00.............../s1.